The highest BCUT2D eigenvalue weighted by atomic mass is 16.5. The van der Waals surface area contributed by atoms with Crippen LogP contribution in [-0.2, 0) is 4.74 Å². The fourth-order valence-electron chi connectivity index (χ4n) is 3.10. The summed E-state index contributed by atoms with van der Waals surface area (Å²) in [6.07, 6.45) is 10.6. The van der Waals surface area contributed by atoms with Crippen molar-refractivity contribution in [1.29, 1.82) is 0 Å². The Labute approximate surface area is 114 Å². The number of ether oxygens (including phenoxy) is 1. The number of unbranched alkanes of at least 4 members (excludes halogenated alkanes) is 1. The van der Waals surface area contributed by atoms with Crippen molar-refractivity contribution in [3.8, 4) is 0 Å². The van der Waals surface area contributed by atoms with Crippen LogP contribution in [-0.4, -0.2) is 19.8 Å². The van der Waals surface area contributed by atoms with Gasteiger partial charge in [-0.3, -0.25) is 0 Å². The van der Waals surface area contributed by atoms with Gasteiger partial charge in [-0.25, -0.2) is 0 Å². The molecule has 0 heterocycles. The zero-order valence-corrected chi connectivity index (χ0v) is 12.5. The Bertz CT molecular complexity index is 196. The molecule has 0 spiro atoms. The van der Waals surface area contributed by atoms with Crippen molar-refractivity contribution in [2.24, 2.45) is 23.5 Å². The lowest BCUT2D eigenvalue weighted by Crippen LogP contribution is -2.30. The first-order chi connectivity index (χ1) is 8.81. The fourth-order valence-corrected chi connectivity index (χ4v) is 3.10. The normalized spacial score (nSPS) is 26.2. The van der Waals surface area contributed by atoms with Crippen LogP contribution in [0.15, 0.2) is 0 Å². The quantitative estimate of drug-likeness (QED) is 0.676. The van der Waals surface area contributed by atoms with Gasteiger partial charge >= 0.3 is 0 Å². The van der Waals surface area contributed by atoms with Crippen LogP contribution in [0.2, 0.25) is 0 Å². The Morgan fingerprint density at radius 1 is 1.17 bits per heavy atom. The SMILES string of the molecule is CCCCC(CC)COCC1CCCCC1CN. The molecule has 0 aliphatic heterocycles. The number of nitrogens with two attached hydrogens (primary N) is 1. The predicted molar refractivity (Wildman–Crippen MR) is 78.6 cm³/mol. The lowest BCUT2D eigenvalue weighted by atomic mass is 9.80. The summed E-state index contributed by atoms with van der Waals surface area (Å²) in [6.45, 7) is 7.31. The van der Waals surface area contributed by atoms with Gasteiger partial charge in [-0.1, -0.05) is 46.0 Å². The van der Waals surface area contributed by atoms with E-state index in [1.54, 1.807) is 0 Å². The second-order valence-corrected chi connectivity index (χ2v) is 5.99. The second-order valence-electron chi connectivity index (χ2n) is 5.99. The summed E-state index contributed by atoms with van der Waals surface area (Å²) in [6, 6.07) is 0. The highest BCUT2D eigenvalue weighted by Crippen LogP contribution is 2.29. The Hall–Kier alpha value is -0.0800. The monoisotopic (exact) mass is 255 g/mol. The molecule has 1 saturated carbocycles. The molecule has 108 valence electrons. The molecule has 0 aromatic heterocycles. The molecule has 0 bridgehead atoms. The highest BCUT2D eigenvalue weighted by molar-refractivity contribution is 4.75. The number of hydrogen-bond acceptors (Lipinski definition) is 2. The van der Waals surface area contributed by atoms with Crippen LogP contribution in [0, 0.1) is 17.8 Å². The van der Waals surface area contributed by atoms with Crippen LogP contribution in [0.25, 0.3) is 0 Å². The lowest BCUT2D eigenvalue weighted by molar-refractivity contribution is 0.0382. The van der Waals surface area contributed by atoms with Crippen LogP contribution < -0.4 is 5.73 Å². The van der Waals surface area contributed by atoms with Crippen LogP contribution in [0.5, 0.6) is 0 Å². The molecule has 0 saturated heterocycles. The van der Waals surface area contributed by atoms with E-state index in [-0.39, 0.29) is 0 Å². The van der Waals surface area contributed by atoms with E-state index in [2.05, 4.69) is 13.8 Å². The third kappa shape index (κ3) is 5.71. The molecule has 1 aliphatic carbocycles. The van der Waals surface area contributed by atoms with Gasteiger partial charge in [0.05, 0.1) is 0 Å². The van der Waals surface area contributed by atoms with Crippen LogP contribution >= 0.6 is 0 Å². The van der Waals surface area contributed by atoms with Crippen molar-refractivity contribution < 1.29 is 4.74 Å². The average molecular weight is 255 g/mol. The van der Waals surface area contributed by atoms with Gasteiger partial charge in [-0.2, -0.15) is 0 Å². The van der Waals surface area contributed by atoms with Crippen LogP contribution in [0.4, 0.5) is 0 Å². The van der Waals surface area contributed by atoms with E-state index >= 15 is 0 Å². The molecule has 0 aromatic rings. The van der Waals surface area contributed by atoms with Crippen molar-refractivity contribution >= 4 is 0 Å². The van der Waals surface area contributed by atoms with Crippen molar-refractivity contribution in [3.63, 3.8) is 0 Å². The predicted octanol–water partition coefficient (Wildman–Crippen LogP) is 3.98. The Morgan fingerprint density at radius 3 is 2.50 bits per heavy atom. The van der Waals surface area contributed by atoms with Gasteiger partial charge in [-0.05, 0) is 43.6 Å². The minimum Gasteiger partial charge on any atom is -0.381 e. The molecule has 3 unspecified atom stereocenters. The van der Waals surface area contributed by atoms with Gasteiger partial charge in [0.1, 0.15) is 0 Å². The molecule has 0 aromatic carbocycles. The smallest absolute Gasteiger partial charge is 0.0497 e. The van der Waals surface area contributed by atoms with Crippen LogP contribution in [0.1, 0.15) is 65.2 Å². The molecule has 1 rings (SSSR count). The van der Waals surface area contributed by atoms with E-state index in [9.17, 15) is 0 Å². The first-order valence-electron chi connectivity index (χ1n) is 8.09. The Balaban J connectivity index is 2.18. The summed E-state index contributed by atoms with van der Waals surface area (Å²) in [5.74, 6) is 2.21. The Morgan fingerprint density at radius 2 is 1.89 bits per heavy atom. The molecule has 1 fully saturated rings. The van der Waals surface area contributed by atoms with Crippen molar-refractivity contribution in [3.05, 3.63) is 0 Å². The van der Waals surface area contributed by atoms with E-state index in [1.165, 1.54) is 51.4 Å². The van der Waals surface area contributed by atoms with Gasteiger partial charge < -0.3 is 10.5 Å². The summed E-state index contributed by atoms with van der Waals surface area (Å²) < 4.78 is 6.00. The highest BCUT2D eigenvalue weighted by Gasteiger charge is 2.24. The summed E-state index contributed by atoms with van der Waals surface area (Å²) in [7, 11) is 0. The molecule has 3 atom stereocenters. The molecule has 0 amide bonds. The summed E-state index contributed by atoms with van der Waals surface area (Å²) in [4.78, 5) is 0. The zero-order valence-electron chi connectivity index (χ0n) is 12.5. The maximum atomic E-state index is 6.00. The molecular weight excluding hydrogens is 222 g/mol. The summed E-state index contributed by atoms with van der Waals surface area (Å²) in [5.41, 5.74) is 5.86. The number of rotatable bonds is 9. The van der Waals surface area contributed by atoms with E-state index in [1.807, 2.05) is 0 Å². The summed E-state index contributed by atoms with van der Waals surface area (Å²) in [5, 5.41) is 0. The first-order valence-corrected chi connectivity index (χ1v) is 8.09. The fraction of sp³-hybridized carbons (Fsp3) is 1.00. The molecular formula is C16H33NO. The van der Waals surface area contributed by atoms with E-state index in [4.69, 9.17) is 10.5 Å². The maximum Gasteiger partial charge on any atom is 0.0497 e. The van der Waals surface area contributed by atoms with E-state index in [0.717, 1.165) is 37.5 Å². The average Bonchev–Trinajstić information content (AvgIpc) is 2.43. The van der Waals surface area contributed by atoms with Crippen molar-refractivity contribution in [2.45, 2.75) is 65.2 Å². The molecule has 2 heteroatoms. The van der Waals surface area contributed by atoms with Crippen molar-refractivity contribution in [2.75, 3.05) is 19.8 Å². The van der Waals surface area contributed by atoms with E-state index < -0.39 is 0 Å². The minimum atomic E-state index is 0.717. The van der Waals surface area contributed by atoms with Gasteiger partial charge in [-0.15, -0.1) is 0 Å². The molecule has 0 radical (unpaired) electrons. The summed E-state index contributed by atoms with van der Waals surface area (Å²) >= 11 is 0. The van der Waals surface area contributed by atoms with Gasteiger partial charge in [0.2, 0.25) is 0 Å². The largest absolute Gasteiger partial charge is 0.381 e. The van der Waals surface area contributed by atoms with Gasteiger partial charge in [0.15, 0.2) is 0 Å². The molecule has 2 nitrogen and oxygen atoms in total. The Kier molecular flexibility index (Phi) is 8.70. The second kappa shape index (κ2) is 9.80. The zero-order chi connectivity index (χ0) is 13.2. The maximum absolute atomic E-state index is 6.00. The minimum absolute atomic E-state index is 0.717. The molecule has 18 heavy (non-hydrogen) atoms. The number of hydrogen-bond donors (Lipinski definition) is 1. The molecule has 2 N–H and O–H groups in total. The first kappa shape index (κ1) is 16.0. The molecule has 1 aliphatic rings. The third-order valence-corrected chi connectivity index (χ3v) is 4.60. The third-order valence-electron chi connectivity index (χ3n) is 4.60. The van der Waals surface area contributed by atoms with Gasteiger partial charge in [0.25, 0.3) is 0 Å². The lowest BCUT2D eigenvalue weighted by Gasteiger charge is -2.30. The topological polar surface area (TPSA) is 35.2 Å². The van der Waals surface area contributed by atoms with Gasteiger partial charge in [0, 0.05) is 13.2 Å². The van der Waals surface area contributed by atoms with Crippen molar-refractivity contribution in [1.82, 2.24) is 0 Å². The standard InChI is InChI=1S/C16H33NO/c1-3-5-8-14(4-2)12-18-13-16-10-7-6-9-15(16)11-17/h14-16H,3-13,17H2,1-2H3. The van der Waals surface area contributed by atoms with Crippen LogP contribution in [0.3, 0.4) is 0 Å². The van der Waals surface area contributed by atoms with E-state index in [0.29, 0.717) is 0 Å².